The first-order valence-electron chi connectivity index (χ1n) is 11.4. The number of carbonyl (C=O) groups is 1. The molecule has 0 aromatic heterocycles. The summed E-state index contributed by atoms with van der Waals surface area (Å²) in [5, 5.41) is 17.5. The quantitative estimate of drug-likeness (QED) is 0.211. The van der Waals surface area contributed by atoms with Gasteiger partial charge in [0.1, 0.15) is 0 Å². The minimum Gasteiger partial charge on any atom is -0.461 e. The number of allylic oxidation sites excluding steroid dienone is 3. The van der Waals surface area contributed by atoms with Crippen LogP contribution in [0.2, 0.25) is 0 Å². The Bertz CT molecular complexity index is 1310. The van der Waals surface area contributed by atoms with E-state index in [2.05, 4.69) is 41.5 Å². The molecule has 7 heteroatoms. The van der Waals surface area contributed by atoms with E-state index in [4.69, 9.17) is 4.74 Å². The highest BCUT2D eigenvalue weighted by atomic mass is 16.6. The molecule has 1 atom stereocenters. The Morgan fingerprint density at radius 1 is 1.00 bits per heavy atom. The van der Waals surface area contributed by atoms with Gasteiger partial charge in [0.25, 0.3) is 5.69 Å². The van der Waals surface area contributed by atoms with E-state index in [1.54, 1.807) is 24.1 Å². The van der Waals surface area contributed by atoms with Crippen LogP contribution in [0.3, 0.4) is 0 Å². The smallest absolute Gasteiger partial charge is 0.355 e. The molecule has 1 aliphatic carbocycles. The van der Waals surface area contributed by atoms with Crippen molar-refractivity contribution in [1.82, 2.24) is 0 Å². The number of hydrogen-bond donors (Lipinski definition) is 0. The van der Waals surface area contributed by atoms with Crippen molar-refractivity contribution >= 4 is 23.1 Å². The minimum absolute atomic E-state index is 0.0143. The van der Waals surface area contributed by atoms with Crippen LogP contribution >= 0.6 is 0 Å². The Morgan fingerprint density at radius 3 is 2.14 bits per heavy atom. The van der Waals surface area contributed by atoms with Gasteiger partial charge in [-0.15, -0.1) is 0 Å². The number of hydrazone groups is 1. The molecule has 0 amide bonds. The third-order valence-corrected chi connectivity index (χ3v) is 6.29. The molecule has 3 aromatic rings. The molecule has 0 radical (unpaired) electrons. The lowest BCUT2D eigenvalue weighted by Crippen LogP contribution is -2.32. The van der Waals surface area contributed by atoms with Crippen LogP contribution in [0.5, 0.6) is 0 Å². The number of anilines is 1. The van der Waals surface area contributed by atoms with Gasteiger partial charge in [-0.05, 0) is 36.3 Å². The lowest BCUT2D eigenvalue weighted by Gasteiger charge is -2.35. The Kier molecular flexibility index (Phi) is 5.74. The summed E-state index contributed by atoms with van der Waals surface area (Å²) in [5.74, 6) is -0.880. The van der Waals surface area contributed by atoms with Gasteiger partial charge in [-0.25, -0.2) is 9.80 Å². The predicted molar refractivity (Wildman–Crippen MR) is 134 cm³/mol. The zero-order valence-electron chi connectivity index (χ0n) is 19.1. The van der Waals surface area contributed by atoms with Gasteiger partial charge in [-0.1, -0.05) is 72.8 Å². The molecule has 7 nitrogen and oxygen atoms in total. The molecule has 174 valence electrons. The molecule has 0 saturated heterocycles. The molecule has 0 spiro atoms. The fourth-order valence-corrected chi connectivity index (χ4v) is 4.62. The van der Waals surface area contributed by atoms with Gasteiger partial charge in [0.2, 0.25) is 0 Å². The van der Waals surface area contributed by atoms with Gasteiger partial charge in [0, 0.05) is 12.1 Å². The number of esters is 1. The normalized spacial score (nSPS) is 17.9. The molecule has 1 heterocycles. The van der Waals surface area contributed by atoms with Crippen LogP contribution in [-0.2, 0) is 14.9 Å². The van der Waals surface area contributed by atoms with Crippen molar-refractivity contribution in [3.05, 3.63) is 130 Å². The highest BCUT2D eigenvalue weighted by molar-refractivity contribution is 6.39. The number of rotatable bonds is 6. The van der Waals surface area contributed by atoms with E-state index >= 15 is 0 Å². The van der Waals surface area contributed by atoms with Crippen LogP contribution in [0.1, 0.15) is 18.1 Å². The SMILES string of the molecule is CCOC(=O)C1=NN(c2ccc([N+](=O)[O-])cc2)C2=CC(c3ccccc3)(c3ccccc3)C=CC21. The Hall–Kier alpha value is -4.52. The molecular formula is C28H23N3O4. The maximum atomic E-state index is 12.8. The number of benzene rings is 3. The summed E-state index contributed by atoms with van der Waals surface area (Å²) in [7, 11) is 0. The highest BCUT2D eigenvalue weighted by Gasteiger charge is 2.43. The monoisotopic (exact) mass is 465 g/mol. The first kappa shape index (κ1) is 22.3. The molecule has 0 saturated carbocycles. The van der Waals surface area contributed by atoms with Gasteiger partial charge in [-0.3, -0.25) is 10.1 Å². The second-order valence-corrected chi connectivity index (χ2v) is 8.30. The topological polar surface area (TPSA) is 85.0 Å². The maximum Gasteiger partial charge on any atom is 0.355 e. The van der Waals surface area contributed by atoms with E-state index < -0.39 is 22.2 Å². The lowest BCUT2D eigenvalue weighted by molar-refractivity contribution is -0.384. The minimum atomic E-state index is -0.590. The lowest BCUT2D eigenvalue weighted by atomic mass is 9.70. The summed E-state index contributed by atoms with van der Waals surface area (Å²) in [4.78, 5) is 23.5. The summed E-state index contributed by atoms with van der Waals surface area (Å²) >= 11 is 0. The van der Waals surface area contributed by atoms with Crippen molar-refractivity contribution in [2.75, 3.05) is 11.6 Å². The van der Waals surface area contributed by atoms with E-state index in [0.717, 1.165) is 16.8 Å². The molecule has 1 aliphatic heterocycles. The molecule has 0 bridgehead atoms. The fraction of sp³-hybridized carbons (Fsp3) is 0.143. The first-order valence-corrected chi connectivity index (χ1v) is 11.4. The molecule has 0 fully saturated rings. The van der Waals surface area contributed by atoms with Crippen molar-refractivity contribution in [1.29, 1.82) is 0 Å². The van der Waals surface area contributed by atoms with Crippen LogP contribution in [0.25, 0.3) is 0 Å². The van der Waals surface area contributed by atoms with Gasteiger partial charge < -0.3 is 4.74 Å². The maximum absolute atomic E-state index is 12.8. The third-order valence-electron chi connectivity index (χ3n) is 6.29. The van der Waals surface area contributed by atoms with Crippen LogP contribution in [0.15, 0.2) is 114 Å². The molecule has 1 unspecified atom stereocenters. The second kappa shape index (κ2) is 9.02. The van der Waals surface area contributed by atoms with E-state index in [0.29, 0.717) is 5.69 Å². The van der Waals surface area contributed by atoms with Crippen LogP contribution in [-0.4, -0.2) is 23.2 Å². The van der Waals surface area contributed by atoms with Gasteiger partial charge in [0.05, 0.1) is 34.2 Å². The first-order chi connectivity index (χ1) is 17.0. The fourth-order valence-electron chi connectivity index (χ4n) is 4.62. The van der Waals surface area contributed by atoms with Gasteiger partial charge in [0.15, 0.2) is 5.71 Å². The van der Waals surface area contributed by atoms with E-state index in [1.807, 2.05) is 42.5 Å². The number of nitro benzene ring substituents is 1. The van der Waals surface area contributed by atoms with E-state index in [-0.39, 0.29) is 18.0 Å². The van der Waals surface area contributed by atoms with Crippen molar-refractivity contribution in [3.63, 3.8) is 0 Å². The average molecular weight is 466 g/mol. The van der Waals surface area contributed by atoms with Crippen molar-refractivity contribution < 1.29 is 14.5 Å². The number of nitrogens with zero attached hydrogens (tertiary/aromatic N) is 3. The summed E-state index contributed by atoms with van der Waals surface area (Å²) in [6, 6.07) is 26.4. The summed E-state index contributed by atoms with van der Waals surface area (Å²) in [5.41, 5.74) is 3.23. The standard InChI is InChI=1S/C28H23N3O4/c1-2-35-27(32)26-24-17-18-28(20-9-5-3-6-10-20,21-11-7-4-8-12-21)19-25(24)30(29-26)22-13-15-23(16-14-22)31(33)34/h3-19,24H,2H2,1H3. The third kappa shape index (κ3) is 3.91. The number of non-ortho nitro benzene ring substituents is 1. The van der Waals surface area contributed by atoms with Crippen molar-refractivity contribution in [2.45, 2.75) is 12.3 Å². The zero-order chi connectivity index (χ0) is 24.4. The molecule has 2 aliphatic rings. The van der Waals surface area contributed by atoms with E-state index in [9.17, 15) is 14.9 Å². The zero-order valence-corrected chi connectivity index (χ0v) is 19.1. The Labute approximate surface area is 202 Å². The van der Waals surface area contributed by atoms with Crippen LogP contribution < -0.4 is 5.01 Å². The second-order valence-electron chi connectivity index (χ2n) is 8.30. The van der Waals surface area contributed by atoms with Crippen molar-refractivity contribution in [3.8, 4) is 0 Å². The number of hydrogen-bond acceptors (Lipinski definition) is 6. The van der Waals surface area contributed by atoms with Gasteiger partial charge in [-0.2, -0.15) is 5.10 Å². The molecule has 5 rings (SSSR count). The molecule has 0 N–H and O–H groups in total. The highest BCUT2D eigenvalue weighted by Crippen LogP contribution is 2.45. The molecular weight excluding hydrogens is 442 g/mol. The summed E-state index contributed by atoms with van der Waals surface area (Å²) in [6.07, 6.45) is 6.23. The molecule has 35 heavy (non-hydrogen) atoms. The van der Waals surface area contributed by atoms with Crippen molar-refractivity contribution in [2.24, 2.45) is 11.0 Å². The van der Waals surface area contributed by atoms with E-state index in [1.165, 1.54) is 12.1 Å². The Morgan fingerprint density at radius 2 is 1.60 bits per heavy atom. The number of fused-ring (bicyclic) bond motifs is 1. The van der Waals surface area contributed by atoms with Gasteiger partial charge >= 0.3 is 5.97 Å². The molecule has 3 aromatic carbocycles. The van der Waals surface area contributed by atoms with Crippen LogP contribution in [0.4, 0.5) is 11.4 Å². The summed E-state index contributed by atoms with van der Waals surface area (Å²) in [6.45, 7) is 1.99. The van der Waals surface area contributed by atoms with Crippen LogP contribution in [0, 0.1) is 16.0 Å². The average Bonchev–Trinajstić information content (AvgIpc) is 3.28. The summed E-state index contributed by atoms with van der Waals surface area (Å²) < 4.78 is 5.28. The number of carbonyl (C=O) groups excluding carboxylic acids is 1. The number of nitro groups is 1. The number of ether oxygens (including phenoxy) is 1. The Balaban J connectivity index is 1.68. The largest absolute Gasteiger partial charge is 0.461 e. The predicted octanol–water partition coefficient (Wildman–Crippen LogP) is 5.39.